The Morgan fingerprint density at radius 2 is 1.85 bits per heavy atom. The average Bonchev–Trinajstić information content (AvgIpc) is 3.12. The van der Waals surface area contributed by atoms with Gasteiger partial charge in [-0.15, -0.1) is 11.8 Å². The van der Waals surface area contributed by atoms with Crippen molar-refractivity contribution < 1.29 is 31.9 Å². The maximum atomic E-state index is 14.8. The molecule has 3 aliphatic heterocycles. The van der Waals surface area contributed by atoms with E-state index in [1.807, 2.05) is 4.90 Å². The molecule has 2 amide bonds. The van der Waals surface area contributed by atoms with Crippen LogP contribution in [0, 0.1) is 11.2 Å². The normalized spacial score (nSPS) is 19.0. The highest BCUT2D eigenvalue weighted by atomic mass is 35.5. The number of anilines is 1. The number of alkyl halides is 3. The Hall–Kier alpha value is -3.09. The van der Waals surface area contributed by atoms with Crippen molar-refractivity contribution in [2.24, 2.45) is 10.4 Å². The Kier molecular flexibility index (Phi) is 8.10. The van der Waals surface area contributed by atoms with Gasteiger partial charge in [0.2, 0.25) is 12.3 Å². The van der Waals surface area contributed by atoms with Crippen LogP contribution in [0.5, 0.6) is 0 Å². The molecule has 0 bridgehead atoms. The molecule has 218 valence electrons. The summed E-state index contributed by atoms with van der Waals surface area (Å²) in [6.45, 7) is 5.80. The zero-order chi connectivity index (χ0) is 29.5. The first-order valence-corrected chi connectivity index (χ1v) is 14.2. The number of ether oxygens (including phenoxy) is 1. The third-order valence-corrected chi connectivity index (χ3v) is 9.28. The van der Waals surface area contributed by atoms with Gasteiger partial charge in [-0.3, -0.25) is 14.6 Å². The van der Waals surface area contributed by atoms with E-state index in [2.05, 4.69) is 11.6 Å². The minimum atomic E-state index is -4.80. The second-order valence-electron chi connectivity index (χ2n) is 10.2. The fourth-order valence-corrected chi connectivity index (χ4v) is 7.10. The number of hydrogen-bond donors (Lipinski definition) is 0. The number of rotatable bonds is 4. The van der Waals surface area contributed by atoms with Gasteiger partial charge in [0.05, 0.1) is 29.5 Å². The number of amides is 2. The van der Waals surface area contributed by atoms with E-state index in [9.17, 15) is 27.2 Å². The van der Waals surface area contributed by atoms with Gasteiger partial charge >= 0.3 is 6.18 Å². The van der Waals surface area contributed by atoms with Crippen molar-refractivity contribution in [3.8, 4) is 11.1 Å². The van der Waals surface area contributed by atoms with Gasteiger partial charge in [-0.05, 0) is 29.8 Å². The molecule has 0 atom stereocenters. The van der Waals surface area contributed by atoms with Crippen molar-refractivity contribution >= 4 is 47.2 Å². The summed E-state index contributed by atoms with van der Waals surface area (Å²) in [6, 6.07) is 4.48. The van der Waals surface area contributed by atoms with E-state index in [1.54, 1.807) is 4.90 Å². The molecule has 2 aromatic carbocycles. The lowest BCUT2D eigenvalue weighted by atomic mass is 9.87. The first kappa shape index (κ1) is 29.4. The molecule has 3 heterocycles. The predicted octanol–water partition coefficient (Wildman–Crippen LogP) is 4.96. The van der Waals surface area contributed by atoms with E-state index in [-0.39, 0.29) is 44.9 Å². The fourth-order valence-electron chi connectivity index (χ4n) is 5.47. The maximum Gasteiger partial charge on any atom is 0.417 e. The van der Waals surface area contributed by atoms with Crippen molar-refractivity contribution in [3.63, 3.8) is 0 Å². The summed E-state index contributed by atoms with van der Waals surface area (Å²) in [5.74, 6) is -0.302. The number of aliphatic imine (C=N–C) groups is 1. The molecule has 2 fully saturated rings. The molecule has 0 N–H and O–H groups in total. The SMILES string of the molecule is C=CC(=O)N1CCN(/C(=N/C)c2cc(C(F)(F)F)c(-c3ccc(F)c(Cl)c3)c3c2N(C=O)CC2(COC2)CS3)CC1. The molecular weight excluding hydrogens is 584 g/mol. The molecule has 0 radical (unpaired) electrons. The van der Waals surface area contributed by atoms with Gasteiger partial charge in [-0.25, -0.2) is 4.39 Å². The van der Waals surface area contributed by atoms with Gasteiger partial charge in [0.15, 0.2) is 0 Å². The van der Waals surface area contributed by atoms with Gasteiger partial charge in [0.1, 0.15) is 11.7 Å². The first-order valence-electron chi connectivity index (χ1n) is 12.8. The Balaban J connectivity index is 1.73. The predicted molar refractivity (Wildman–Crippen MR) is 150 cm³/mol. The monoisotopic (exact) mass is 610 g/mol. The molecule has 2 saturated heterocycles. The van der Waals surface area contributed by atoms with E-state index < -0.39 is 23.0 Å². The van der Waals surface area contributed by atoms with Crippen LogP contribution < -0.4 is 4.90 Å². The van der Waals surface area contributed by atoms with Crippen LogP contribution in [0.3, 0.4) is 0 Å². The van der Waals surface area contributed by atoms with Crippen LogP contribution >= 0.6 is 23.4 Å². The lowest BCUT2D eigenvalue weighted by molar-refractivity contribution is -0.137. The molecule has 2 aromatic rings. The molecule has 7 nitrogen and oxygen atoms in total. The van der Waals surface area contributed by atoms with Gasteiger partial charge in [0, 0.05) is 67.0 Å². The Morgan fingerprint density at radius 3 is 2.39 bits per heavy atom. The Labute approximate surface area is 243 Å². The van der Waals surface area contributed by atoms with Crippen LogP contribution in [0.4, 0.5) is 23.2 Å². The average molecular weight is 611 g/mol. The van der Waals surface area contributed by atoms with E-state index in [4.69, 9.17) is 16.3 Å². The summed E-state index contributed by atoms with van der Waals surface area (Å²) < 4.78 is 64.0. The lowest BCUT2D eigenvalue weighted by Gasteiger charge is -2.42. The highest BCUT2D eigenvalue weighted by Crippen LogP contribution is 2.52. The zero-order valence-corrected chi connectivity index (χ0v) is 23.7. The zero-order valence-electron chi connectivity index (χ0n) is 22.1. The standard InChI is InChI=1S/C28H27ClF4N4O3S/c1-3-22(39)35-6-8-36(9-7-35)26(34-2)18-11-19(28(31,32)33)23(17-4-5-21(30)20(29)10-17)25-24(18)37(16-38)12-27(15-41-25)13-40-14-27/h3-5,10-11,16H,1,6-9,12-15H2,2H3/b34-26+. The third kappa shape index (κ3) is 5.44. The number of thioether (sulfide) groups is 1. The third-order valence-electron chi connectivity index (χ3n) is 7.55. The van der Waals surface area contributed by atoms with Gasteiger partial charge in [0.25, 0.3) is 0 Å². The summed E-state index contributed by atoms with van der Waals surface area (Å²) in [7, 11) is 1.49. The second-order valence-corrected chi connectivity index (χ2v) is 11.6. The number of benzene rings is 2. The molecule has 0 aromatic heterocycles. The van der Waals surface area contributed by atoms with Crippen molar-refractivity contribution in [2.75, 3.05) is 63.6 Å². The van der Waals surface area contributed by atoms with Gasteiger partial charge < -0.3 is 19.4 Å². The minimum absolute atomic E-state index is 0.0808. The maximum absolute atomic E-state index is 14.8. The van der Waals surface area contributed by atoms with Crippen molar-refractivity contribution in [1.29, 1.82) is 0 Å². The Bertz CT molecular complexity index is 1420. The topological polar surface area (TPSA) is 65.5 Å². The number of fused-ring (bicyclic) bond motifs is 1. The van der Waals surface area contributed by atoms with E-state index in [0.29, 0.717) is 57.2 Å². The number of hydrogen-bond acceptors (Lipinski definition) is 5. The van der Waals surface area contributed by atoms with Crippen molar-refractivity contribution in [1.82, 2.24) is 9.80 Å². The fraction of sp³-hybridized carbons (Fsp3) is 0.393. The van der Waals surface area contributed by atoms with Crippen LogP contribution in [0.15, 0.2) is 46.8 Å². The van der Waals surface area contributed by atoms with E-state index in [1.165, 1.54) is 41.9 Å². The van der Waals surface area contributed by atoms with Gasteiger partial charge in [-0.1, -0.05) is 24.2 Å². The molecule has 13 heteroatoms. The van der Waals surface area contributed by atoms with Crippen molar-refractivity contribution in [3.05, 3.63) is 58.9 Å². The summed E-state index contributed by atoms with van der Waals surface area (Å²) in [4.78, 5) is 34.2. The number of carbonyl (C=O) groups excluding carboxylic acids is 2. The smallest absolute Gasteiger partial charge is 0.380 e. The highest BCUT2D eigenvalue weighted by Gasteiger charge is 2.46. The molecule has 3 aliphatic rings. The van der Waals surface area contributed by atoms with E-state index >= 15 is 0 Å². The Morgan fingerprint density at radius 1 is 1.17 bits per heavy atom. The van der Waals surface area contributed by atoms with Crippen molar-refractivity contribution in [2.45, 2.75) is 11.1 Å². The largest absolute Gasteiger partial charge is 0.417 e. The van der Waals surface area contributed by atoms with Crippen LogP contribution in [-0.2, 0) is 20.5 Å². The molecule has 41 heavy (non-hydrogen) atoms. The van der Waals surface area contributed by atoms with Crippen LogP contribution in [0.2, 0.25) is 5.02 Å². The number of nitrogens with zero attached hydrogens (tertiary/aromatic N) is 4. The highest BCUT2D eigenvalue weighted by molar-refractivity contribution is 7.99. The number of halogens is 5. The molecule has 1 spiro atoms. The summed E-state index contributed by atoms with van der Waals surface area (Å²) >= 11 is 7.24. The quantitative estimate of drug-likeness (QED) is 0.161. The number of carbonyl (C=O) groups is 2. The lowest BCUT2D eigenvalue weighted by Crippen LogP contribution is -2.52. The molecule has 5 rings (SSSR count). The summed E-state index contributed by atoms with van der Waals surface area (Å²) in [6.07, 6.45) is -2.96. The summed E-state index contributed by atoms with van der Waals surface area (Å²) in [5, 5.41) is -0.314. The molecule has 0 saturated carbocycles. The van der Waals surface area contributed by atoms with Crippen LogP contribution in [-0.4, -0.2) is 86.7 Å². The summed E-state index contributed by atoms with van der Waals surface area (Å²) in [5.41, 5.74) is -1.04. The van der Waals surface area contributed by atoms with Crippen LogP contribution in [0.1, 0.15) is 11.1 Å². The first-order chi connectivity index (χ1) is 19.5. The number of amidine groups is 1. The number of piperazine rings is 1. The molecule has 0 unspecified atom stereocenters. The van der Waals surface area contributed by atoms with Gasteiger partial charge in [-0.2, -0.15) is 13.2 Å². The molecular formula is C28H27ClF4N4O3S. The minimum Gasteiger partial charge on any atom is -0.380 e. The second kappa shape index (κ2) is 11.3. The molecule has 0 aliphatic carbocycles. The van der Waals surface area contributed by atoms with E-state index in [0.717, 1.165) is 12.1 Å². The van der Waals surface area contributed by atoms with Crippen LogP contribution in [0.25, 0.3) is 11.1 Å².